The predicted molar refractivity (Wildman–Crippen MR) is 75.4 cm³/mol. The van der Waals surface area contributed by atoms with Gasteiger partial charge in [-0.3, -0.25) is 0 Å². The van der Waals surface area contributed by atoms with E-state index in [-0.39, 0.29) is 0 Å². The van der Waals surface area contributed by atoms with Crippen molar-refractivity contribution in [1.82, 2.24) is 25.0 Å². The van der Waals surface area contributed by atoms with E-state index >= 15 is 0 Å². The molecule has 0 saturated heterocycles. The molecular weight excluding hydrogens is 226 g/mol. The lowest BCUT2D eigenvalue weighted by molar-refractivity contribution is 0.178. The maximum absolute atomic E-state index is 4.29. The third kappa shape index (κ3) is 2.90. The molecular formula is C13H26N5+. The van der Waals surface area contributed by atoms with Crippen molar-refractivity contribution >= 4 is 0 Å². The number of nitrogens with one attached hydrogen (secondary N) is 1. The van der Waals surface area contributed by atoms with Gasteiger partial charge >= 0.3 is 0 Å². The molecule has 0 saturated carbocycles. The van der Waals surface area contributed by atoms with Crippen LogP contribution in [0.5, 0.6) is 0 Å². The smallest absolute Gasteiger partial charge is 0.141 e. The monoisotopic (exact) mass is 252 g/mol. The molecule has 5 nitrogen and oxygen atoms in total. The molecule has 0 aliphatic heterocycles. The SMILES string of the molecule is CC/C(=C/[N+](CC)(CC)n1cc(CC)nn1)NC. The lowest BCUT2D eigenvalue weighted by Gasteiger charge is -2.31. The van der Waals surface area contributed by atoms with Crippen molar-refractivity contribution in [2.45, 2.75) is 40.5 Å². The van der Waals surface area contributed by atoms with E-state index in [2.05, 4.69) is 49.5 Å². The van der Waals surface area contributed by atoms with Crippen LogP contribution in [0.15, 0.2) is 18.1 Å². The van der Waals surface area contributed by atoms with Crippen molar-refractivity contribution in [3.05, 3.63) is 23.8 Å². The highest BCUT2D eigenvalue weighted by Gasteiger charge is 2.26. The summed E-state index contributed by atoms with van der Waals surface area (Å²) >= 11 is 0. The van der Waals surface area contributed by atoms with Gasteiger partial charge < -0.3 is 5.32 Å². The quantitative estimate of drug-likeness (QED) is 0.752. The first-order valence-corrected chi connectivity index (χ1v) is 6.84. The second-order valence-corrected chi connectivity index (χ2v) is 4.36. The van der Waals surface area contributed by atoms with Gasteiger partial charge in [-0.05, 0) is 31.9 Å². The summed E-state index contributed by atoms with van der Waals surface area (Å²) in [5.74, 6) is 0. The average Bonchev–Trinajstić information content (AvgIpc) is 2.90. The Kier molecular flexibility index (Phi) is 5.34. The maximum Gasteiger partial charge on any atom is 0.141 e. The molecule has 1 rings (SSSR count). The predicted octanol–water partition coefficient (Wildman–Crippen LogP) is 1.79. The van der Waals surface area contributed by atoms with Gasteiger partial charge in [0.2, 0.25) is 0 Å². The number of allylic oxidation sites excluding steroid dienone is 1. The minimum Gasteiger partial charge on any atom is -0.387 e. The molecule has 0 aliphatic carbocycles. The summed E-state index contributed by atoms with van der Waals surface area (Å²) in [5, 5.41) is 11.7. The first-order valence-electron chi connectivity index (χ1n) is 6.84. The van der Waals surface area contributed by atoms with Crippen molar-refractivity contribution in [3.63, 3.8) is 0 Å². The molecule has 1 aromatic heterocycles. The van der Waals surface area contributed by atoms with Gasteiger partial charge in [0.1, 0.15) is 25.5 Å². The number of nitrogens with zero attached hydrogens (tertiary/aromatic N) is 4. The van der Waals surface area contributed by atoms with Crippen LogP contribution in [0.1, 0.15) is 39.8 Å². The summed E-state index contributed by atoms with van der Waals surface area (Å²) < 4.78 is 0.678. The van der Waals surface area contributed by atoms with Crippen molar-refractivity contribution in [2.75, 3.05) is 20.1 Å². The summed E-state index contributed by atoms with van der Waals surface area (Å²) in [7, 11) is 1.97. The molecule has 1 heterocycles. The third-order valence-corrected chi connectivity index (χ3v) is 3.49. The molecule has 0 atom stereocenters. The van der Waals surface area contributed by atoms with Crippen LogP contribution < -0.4 is 9.91 Å². The van der Waals surface area contributed by atoms with Gasteiger partial charge in [0, 0.05) is 7.05 Å². The second-order valence-electron chi connectivity index (χ2n) is 4.36. The van der Waals surface area contributed by atoms with Crippen molar-refractivity contribution < 1.29 is 0 Å². The molecule has 0 bridgehead atoms. The zero-order chi connectivity index (χ0) is 13.6. The van der Waals surface area contributed by atoms with E-state index in [9.17, 15) is 0 Å². The highest BCUT2D eigenvalue weighted by atomic mass is 15.8. The first kappa shape index (κ1) is 14.7. The van der Waals surface area contributed by atoms with E-state index in [0.29, 0.717) is 4.59 Å². The molecule has 1 aromatic rings. The topological polar surface area (TPSA) is 42.7 Å². The Hall–Kier alpha value is -1.36. The van der Waals surface area contributed by atoms with Crippen molar-refractivity contribution in [1.29, 1.82) is 0 Å². The van der Waals surface area contributed by atoms with E-state index in [1.807, 2.05) is 18.0 Å². The first-order chi connectivity index (χ1) is 8.65. The molecule has 0 radical (unpaired) electrons. The van der Waals surface area contributed by atoms with Crippen LogP contribution in [0.25, 0.3) is 0 Å². The number of aromatic nitrogens is 3. The zero-order valence-corrected chi connectivity index (χ0v) is 12.3. The molecule has 5 heteroatoms. The van der Waals surface area contributed by atoms with E-state index in [1.54, 1.807) is 0 Å². The molecule has 102 valence electrons. The maximum atomic E-state index is 4.29. The lowest BCUT2D eigenvalue weighted by Crippen LogP contribution is -2.54. The summed E-state index contributed by atoms with van der Waals surface area (Å²) in [4.78, 5) is 1.96. The lowest BCUT2D eigenvalue weighted by atomic mass is 10.3. The van der Waals surface area contributed by atoms with Gasteiger partial charge in [0.25, 0.3) is 0 Å². The zero-order valence-electron chi connectivity index (χ0n) is 12.3. The molecule has 0 fully saturated rings. The second kappa shape index (κ2) is 6.54. The van der Waals surface area contributed by atoms with Gasteiger partial charge in [-0.2, -0.15) is 4.59 Å². The Morgan fingerprint density at radius 2 is 2.00 bits per heavy atom. The molecule has 18 heavy (non-hydrogen) atoms. The minimum absolute atomic E-state index is 0.678. The highest BCUT2D eigenvalue weighted by molar-refractivity contribution is 5.06. The number of rotatable bonds is 7. The summed E-state index contributed by atoms with van der Waals surface area (Å²) in [5.41, 5.74) is 2.27. The van der Waals surface area contributed by atoms with E-state index in [1.165, 1.54) is 5.70 Å². The van der Waals surface area contributed by atoms with Gasteiger partial charge in [0.05, 0.1) is 11.4 Å². The molecule has 0 spiro atoms. The fourth-order valence-corrected chi connectivity index (χ4v) is 2.02. The van der Waals surface area contributed by atoms with Crippen LogP contribution in [-0.4, -0.2) is 35.2 Å². The Labute approximate surface area is 110 Å². The van der Waals surface area contributed by atoms with Crippen LogP contribution in [0.2, 0.25) is 0 Å². The van der Waals surface area contributed by atoms with Crippen molar-refractivity contribution in [3.8, 4) is 0 Å². The van der Waals surface area contributed by atoms with Crippen LogP contribution in [0.3, 0.4) is 0 Å². The Bertz CT molecular complexity index is 384. The normalized spacial score (nSPS) is 12.8. The number of quaternary nitrogens is 1. The van der Waals surface area contributed by atoms with Crippen LogP contribution in [0, 0.1) is 0 Å². The van der Waals surface area contributed by atoms with Gasteiger partial charge in [-0.25, -0.2) is 0 Å². The van der Waals surface area contributed by atoms with E-state index in [4.69, 9.17) is 0 Å². The van der Waals surface area contributed by atoms with Crippen LogP contribution >= 0.6 is 0 Å². The van der Waals surface area contributed by atoms with Crippen LogP contribution in [-0.2, 0) is 6.42 Å². The molecule has 0 amide bonds. The number of hydrogen-bond donors (Lipinski definition) is 1. The summed E-state index contributed by atoms with van der Waals surface area (Å²) in [6.45, 7) is 10.5. The fraction of sp³-hybridized carbons (Fsp3) is 0.692. The Balaban J connectivity index is 3.17. The molecule has 0 unspecified atom stereocenters. The standard InChI is InChI=1S/C13H26N5/c1-6-12-10-17(16-15-12)18(8-3,9-4)11-13(7-2)14-5/h10-11,14H,6-9H2,1-5H3/q+1/b13-11-. The van der Waals surface area contributed by atoms with E-state index < -0.39 is 0 Å². The molecule has 1 N–H and O–H groups in total. The summed E-state index contributed by atoms with van der Waals surface area (Å²) in [6.07, 6.45) is 6.20. The van der Waals surface area contributed by atoms with Gasteiger partial charge in [0.15, 0.2) is 0 Å². The number of hydrogen-bond acceptors (Lipinski definition) is 3. The van der Waals surface area contributed by atoms with Gasteiger partial charge in [-0.1, -0.05) is 18.6 Å². The Morgan fingerprint density at radius 1 is 1.33 bits per heavy atom. The number of aryl methyl sites for hydroxylation is 1. The largest absolute Gasteiger partial charge is 0.387 e. The third-order valence-electron chi connectivity index (χ3n) is 3.49. The summed E-state index contributed by atoms with van der Waals surface area (Å²) in [6, 6.07) is 0. The fourth-order valence-electron chi connectivity index (χ4n) is 2.02. The van der Waals surface area contributed by atoms with Gasteiger partial charge in [-0.15, -0.1) is 5.10 Å². The highest BCUT2D eigenvalue weighted by Crippen LogP contribution is 2.10. The Morgan fingerprint density at radius 3 is 2.39 bits per heavy atom. The molecule has 0 aromatic carbocycles. The average molecular weight is 252 g/mol. The van der Waals surface area contributed by atoms with Crippen molar-refractivity contribution in [2.24, 2.45) is 0 Å². The van der Waals surface area contributed by atoms with E-state index in [0.717, 1.165) is 31.6 Å². The van der Waals surface area contributed by atoms with Crippen LogP contribution in [0.4, 0.5) is 0 Å². The molecule has 0 aliphatic rings. The minimum atomic E-state index is 0.678.